The highest BCUT2D eigenvalue weighted by Crippen LogP contribution is 2.23. The van der Waals surface area contributed by atoms with Crippen LogP contribution in [-0.4, -0.2) is 39.7 Å². The predicted molar refractivity (Wildman–Crippen MR) is 56.1 cm³/mol. The van der Waals surface area contributed by atoms with Crippen molar-refractivity contribution in [1.29, 1.82) is 0 Å². The summed E-state index contributed by atoms with van der Waals surface area (Å²) in [4.78, 5) is 13.2. The molecule has 2 rings (SSSR count). The first kappa shape index (κ1) is 10.2. The van der Waals surface area contributed by atoms with E-state index in [2.05, 4.69) is 10.00 Å². The van der Waals surface area contributed by atoms with Gasteiger partial charge in [-0.1, -0.05) is 6.92 Å². The Kier molecular flexibility index (Phi) is 2.73. The Morgan fingerprint density at radius 3 is 2.87 bits per heavy atom. The summed E-state index contributed by atoms with van der Waals surface area (Å²) in [7, 11) is 0. The Morgan fingerprint density at radius 2 is 2.40 bits per heavy atom. The van der Waals surface area contributed by atoms with E-state index in [4.69, 9.17) is 5.73 Å². The number of rotatable bonds is 4. The van der Waals surface area contributed by atoms with Crippen LogP contribution in [0.4, 0.5) is 0 Å². The fraction of sp³-hybridized carbons (Fsp3) is 0.600. The summed E-state index contributed by atoms with van der Waals surface area (Å²) < 4.78 is 1.93. The van der Waals surface area contributed by atoms with Crippen molar-refractivity contribution >= 4 is 5.91 Å². The third kappa shape index (κ3) is 1.87. The first-order valence-corrected chi connectivity index (χ1v) is 5.25. The van der Waals surface area contributed by atoms with Crippen molar-refractivity contribution in [3.8, 4) is 0 Å². The van der Waals surface area contributed by atoms with Gasteiger partial charge in [0.15, 0.2) is 0 Å². The highest BCUT2D eigenvalue weighted by molar-refractivity contribution is 5.79. The van der Waals surface area contributed by atoms with Crippen LogP contribution < -0.4 is 5.73 Å². The summed E-state index contributed by atoms with van der Waals surface area (Å²) in [6.45, 7) is 3.71. The van der Waals surface area contributed by atoms with Crippen LogP contribution >= 0.6 is 0 Å². The number of hydrogen-bond donors (Lipinski definition) is 1. The highest BCUT2D eigenvalue weighted by Gasteiger charge is 2.35. The minimum atomic E-state index is -0.226. The van der Waals surface area contributed by atoms with Gasteiger partial charge in [0, 0.05) is 25.5 Å². The van der Waals surface area contributed by atoms with Gasteiger partial charge in [-0.05, 0) is 12.5 Å². The number of likely N-dealkylation sites (tertiary alicyclic amines) is 1. The zero-order valence-electron chi connectivity index (χ0n) is 8.84. The van der Waals surface area contributed by atoms with Gasteiger partial charge in [-0.25, -0.2) is 0 Å². The summed E-state index contributed by atoms with van der Waals surface area (Å²) >= 11 is 0. The molecule has 2 N–H and O–H groups in total. The maximum Gasteiger partial charge on any atom is 0.234 e. The fourth-order valence-corrected chi connectivity index (χ4v) is 2.05. The Labute approximate surface area is 88.8 Å². The Bertz CT molecular complexity index is 329. The van der Waals surface area contributed by atoms with Crippen LogP contribution in [-0.2, 0) is 4.79 Å². The molecule has 1 saturated heterocycles. The molecule has 0 radical (unpaired) electrons. The van der Waals surface area contributed by atoms with E-state index in [1.54, 1.807) is 6.20 Å². The predicted octanol–water partition coefficient (Wildman–Crippen LogP) is 0.00370. The van der Waals surface area contributed by atoms with Gasteiger partial charge in [0.25, 0.3) is 0 Å². The molecule has 1 fully saturated rings. The highest BCUT2D eigenvalue weighted by atomic mass is 16.1. The Hall–Kier alpha value is -1.36. The molecule has 2 heterocycles. The second-order valence-electron chi connectivity index (χ2n) is 3.92. The molecule has 5 nitrogen and oxygen atoms in total. The number of aromatic nitrogens is 2. The average Bonchev–Trinajstić information content (AvgIpc) is 2.61. The van der Waals surface area contributed by atoms with E-state index in [0.29, 0.717) is 6.04 Å². The van der Waals surface area contributed by atoms with E-state index in [1.807, 2.05) is 23.9 Å². The summed E-state index contributed by atoms with van der Waals surface area (Å²) in [6, 6.07) is 2.19. The molecule has 0 aliphatic carbocycles. The second-order valence-corrected chi connectivity index (χ2v) is 3.92. The van der Waals surface area contributed by atoms with Crippen molar-refractivity contribution in [1.82, 2.24) is 14.7 Å². The molecule has 0 saturated carbocycles. The number of primary amides is 1. The molecule has 1 aromatic heterocycles. The molecule has 0 bridgehead atoms. The molecule has 0 spiro atoms. The molecule has 1 atom stereocenters. The maximum absolute atomic E-state index is 11.1. The zero-order valence-corrected chi connectivity index (χ0v) is 8.84. The van der Waals surface area contributed by atoms with Crippen molar-refractivity contribution in [2.75, 3.05) is 13.1 Å². The summed E-state index contributed by atoms with van der Waals surface area (Å²) in [5.74, 6) is -0.226. The van der Waals surface area contributed by atoms with Crippen LogP contribution in [0, 0.1) is 0 Å². The second kappa shape index (κ2) is 4.02. The van der Waals surface area contributed by atoms with E-state index in [0.717, 1.165) is 19.5 Å². The quantitative estimate of drug-likeness (QED) is 0.757. The third-order valence-electron chi connectivity index (χ3n) is 2.95. The van der Waals surface area contributed by atoms with Gasteiger partial charge in [-0.15, -0.1) is 0 Å². The van der Waals surface area contributed by atoms with Gasteiger partial charge >= 0.3 is 0 Å². The van der Waals surface area contributed by atoms with Gasteiger partial charge in [0.05, 0.1) is 12.1 Å². The molecular formula is C10H16N4O. The number of amides is 1. The van der Waals surface area contributed by atoms with Gasteiger partial charge in [0.2, 0.25) is 5.91 Å². The molecule has 0 unspecified atom stereocenters. The molecule has 15 heavy (non-hydrogen) atoms. The van der Waals surface area contributed by atoms with Crippen LogP contribution in [0.1, 0.15) is 19.4 Å². The monoisotopic (exact) mass is 208 g/mol. The SMILES string of the molecule is CC[C@@H](C(N)=O)N1CC(n2cccn2)C1. The van der Waals surface area contributed by atoms with Crippen LogP contribution in [0.15, 0.2) is 18.5 Å². The minimum absolute atomic E-state index is 0.114. The van der Waals surface area contributed by atoms with Crippen molar-refractivity contribution in [2.45, 2.75) is 25.4 Å². The average molecular weight is 208 g/mol. The van der Waals surface area contributed by atoms with E-state index < -0.39 is 0 Å². The summed E-state index contributed by atoms with van der Waals surface area (Å²) in [6.07, 6.45) is 4.50. The first-order valence-electron chi connectivity index (χ1n) is 5.25. The van der Waals surface area contributed by atoms with Crippen molar-refractivity contribution in [2.24, 2.45) is 5.73 Å². The van der Waals surface area contributed by atoms with E-state index >= 15 is 0 Å². The number of nitrogens with two attached hydrogens (primary N) is 1. The number of carbonyl (C=O) groups is 1. The van der Waals surface area contributed by atoms with E-state index in [1.165, 1.54) is 0 Å². The Balaban J connectivity index is 1.90. The lowest BCUT2D eigenvalue weighted by atomic mass is 10.0. The molecular weight excluding hydrogens is 192 g/mol. The van der Waals surface area contributed by atoms with E-state index in [-0.39, 0.29) is 11.9 Å². The van der Waals surface area contributed by atoms with Crippen molar-refractivity contribution < 1.29 is 4.79 Å². The normalized spacial score (nSPS) is 19.8. The Morgan fingerprint density at radius 1 is 1.67 bits per heavy atom. The lowest BCUT2D eigenvalue weighted by Crippen LogP contribution is -2.56. The maximum atomic E-state index is 11.1. The number of hydrogen-bond acceptors (Lipinski definition) is 3. The summed E-state index contributed by atoms with van der Waals surface area (Å²) in [5, 5.41) is 4.18. The molecule has 0 aromatic carbocycles. The van der Waals surface area contributed by atoms with Crippen LogP contribution in [0.25, 0.3) is 0 Å². The van der Waals surface area contributed by atoms with Gasteiger partial charge < -0.3 is 5.73 Å². The van der Waals surface area contributed by atoms with Gasteiger partial charge in [-0.2, -0.15) is 5.10 Å². The number of nitrogens with zero attached hydrogens (tertiary/aromatic N) is 3. The summed E-state index contributed by atoms with van der Waals surface area (Å²) in [5.41, 5.74) is 5.32. The molecule has 5 heteroatoms. The van der Waals surface area contributed by atoms with Crippen LogP contribution in [0.3, 0.4) is 0 Å². The fourth-order valence-electron chi connectivity index (χ4n) is 2.05. The smallest absolute Gasteiger partial charge is 0.234 e. The third-order valence-corrected chi connectivity index (χ3v) is 2.95. The molecule has 1 amide bonds. The lowest BCUT2D eigenvalue weighted by Gasteiger charge is -2.42. The lowest BCUT2D eigenvalue weighted by molar-refractivity contribution is -0.126. The van der Waals surface area contributed by atoms with Crippen molar-refractivity contribution in [3.63, 3.8) is 0 Å². The van der Waals surface area contributed by atoms with Crippen LogP contribution in [0.5, 0.6) is 0 Å². The molecule has 1 aliphatic rings. The van der Waals surface area contributed by atoms with E-state index in [9.17, 15) is 4.79 Å². The zero-order chi connectivity index (χ0) is 10.8. The molecule has 1 aliphatic heterocycles. The van der Waals surface area contributed by atoms with Crippen molar-refractivity contribution in [3.05, 3.63) is 18.5 Å². The van der Waals surface area contributed by atoms with Crippen LogP contribution in [0.2, 0.25) is 0 Å². The largest absolute Gasteiger partial charge is 0.368 e. The molecule has 1 aromatic rings. The van der Waals surface area contributed by atoms with Gasteiger partial charge in [0.1, 0.15) is 0 Å². The first-order chi connectivity index (χ1) is 7.22. The number of carbonyl (C=O) groups excluding carboxylic acids is 1. The van der Waals surface area contributed by atoms with Gasteiger partial charge in [-0.3, -0.25) is 14.4 Å². The standard InChI is InChI=1S/C10H16N4O/c1-2-9(10(11)15)13-6-8(7-13)14-5-3-4-12-14/h3-5,8-9H,2,6-7H2,1H3,(H2,11,15)/t9-/m0/s1. The molecule has 82 valence electrons. The minimum Gasteiger partial charge on any atom is -0.368 e. The topological polar surface area (TPSA) is 64.2 Å².